The van der Waals surface area contributed by atoms with Gasteiger partial charge in [-0.3, -0.25) is 0 Å². The molecule has 0 saturated carbocycles. The van der Waals surface area contributed by atoms with Gasteiger partial charge in [0.25, 0.3) is 0 Å². The van der Waals surface area contributed by atoms with E-state index >= 15 is 0 Å². The summed E-state index contributed by atoms with van der Waals surface area (Å²) in [5, 5.41) is 6.54. The number of nitrogens with zero attached hydrogens (tertiary/aromatic N) is 3. The number of carbonyl (C=O) groups is 1. The SMILES string of the molecule is CCOC(=O)c1nc(Cc2nc(C)cs2)no1. The molecule has 0 radical (unpaired) electrons. The van der Waals surface area contributed by atoms with E-state index in [2.05, 4.69) is 15.1 Å². The van der Waals surface area contributed by atoms with Gasteiger partial charge in [0.2, 0.25) is 0 Å². The lowest BCUT2D eigenvalue weighted by Crippen LogP contribution is -2.05. The van der Waals surface area contributed by atoms with E-state index in [4.69, 9.17) is 9.26 Å². The molecule has 0 aliphatic heterocycles. The molecule has 0 amide bonds. The summed E-state index contributed by atoms with van der Waals surface area (Å²) in [7, 11) is 0. The lowest BCUT2D eigenvalue weighted by molar-refractivity contribution is 0.0470. The van der Waals surface area contributed by atoms with E-state index in [1.54, 1.807) is 6.92 Å². The highest BCUT2D eigenvalue weighted by molar-refractivity contribution is 7.09. The molecule has 0 bridgehead atoms. The molecule has 90 valence electrons. The predicted octanol–water partition coefficient (Wildman–Crippen LogP) is 1.60. The van der Waals surface area contributed by atoms with Crippen LogP contribution in [-0.4, -0.2) is 27.7 Å². The maximum absolute atomic E-state index is 11.3. The number of aromatic nitrogens is 3. The van der Waals surface area contributed by atoms with Crippen molar-refractivity contribution in [2.24, 2.45) is 0 Å². The van der Waals surface area contributed by atoms with Crippen molar-refractivity contribution in [2.45, 2.75) is 20.3 Å². The Kier molecular flexibility index (Phi) is 3.48. The van der Waals surface area contributed by atoms with Gasteiger partial charge in [-0.15, -0.1) is 11.3 Å². The fourth-order valence-electron chi connectivity index (χ4n) is 1.22. The van der Waals surface area contributed by atoms with E-state index in [1.165, 1.54) is 11.3 Å². The molecule has 2 heterocycles. The summed E-state index contributed by atoms with van der Waals surface area (Å²) < 4.78 is 9.55. The summed E-state index contributed by atoms with van der Waals surface area (Å²) >= 11 is 1.52. The fraction of sp³-hybridized carbons (Fsp3) is 0.400. The number of hydrogen-bond donors (Lipinski definition) is 0. The third-order valence-electron chi connectivity index (χ3n) is 1.89. The molecule has 0 fully saturated rings. The van der Waals surface area contributed by atoms with Gasteiger partial charge in [0.05, 0.1) is 13.0 Å². The molecule has 0 aromatic carbocycles. The van der Waals surface area contributed by atoms with Crippen LogP contribution in [-0.2, 0) is 11.2 Å². The lowest BCUT2D eigenvalue weighted by atomic mass is 10.4. The van der Waals surface area contributed by atoms with Crippen molar-refractivity contribution in [3.05, 3.63) is 27.8 Å². The molecule has 2 rings (SSSR count). The highest BCUT2D eigenvalue weighted by Crippen LogP contribution is 2.12. The van der Waals surface area contributed by atoms with E-state index in [0.717, 1.165) is 10.7 Å². The summed E-state index contributed by atoms with van der Waals surface area (Å²) in [5.74, 6) is -0.279. The van der Waals surface area contributed by atoms with Gasteiger partial charge in [-0.05, 0) is 13.8 Å². The number of hydrogen-bond acceptors (Lipinski definition) is 7. The Labute approximate surface area is 102 Å². The Hall–Kier alpha value is -1.76. The Balaban J connectivity index is 2.06. The van der Waals surface area contributed by atoms with Crippen LogP contribution in [0.2, 0.25) is 0 Å². The molecule has 0 aliphatic rings. The first-order chi connectivity index (χ1) is 8.19. The van der Waals surface area contributed by atoms with Crippen molar-refractivity contribution >= 4 is 17.3 Å². The van der Waals surface area contributed by atoms with Gasteiger partial charge in [0.1, 0.15) is 5.01 Å². The summed E-state index contributed by atoms with van der Waals surface area (Å²) in [6.45, 7) is 3.91. The molecule has 0 atom stereocenters. The molecule has 2 aromatic rings. The van der Waals surface area contributed by atoms with Crippen LogP contribution in [0.3, 0.4) is 0 Å². The van der Waals surface area contributed by atoms with Crippen LogP contribution in [0, 0.1) is 6.92 Å². The predicted molar refractivity (Wildman–Crippen MR) is 59.9 cm³/mol. The molecule has 2 aromatic heterocycles. The maximum Gasteiger partial charge on any atom is 0.397 e. The van der Waals surface area contributed by atoms with Crippen molar-refractivity contribution in [1.82, 2.24) is 15.1 Å². The van der Waals surface area contributed by atoms with Gasteiger partial charge in [0.15, 0.2) is 5.82 Å². The first-order valence-electron chi connectivity index (χ1n) is 5.09. The molecule has 0 aliphatic carbocycles. The maximum atomic E-state index is 11.3. The smallest absolute Gasteiger partial charge is 0.397 e. The van der Waals surface area contributed by atoms with Crippen LogP contribution in [0.4, 0.5) is 0 Å². The molecular formula is C10H11N3O3S. The first-order valence-corrected chi connectivity index (χ1v) is 5.97. The van der Waals surface area contributed by atoms with Crippen LogP contribution in [0.25, 0.3) is 0 Å². The first kappa shape index (κ1) is 11.7. The average molecular weight is 253 g/mol. The molecule has 6 nitrogen and oxygen atoms in total. The summed E-state index contributed by atoms with van der Waals surface area (Å²) in [5.41, 5.74) is 0.958. The van der Waals surface area contributed by atoms with Gasteiger partial charge in [0, 0.05) is 11.1 Å². The Morgan fingerprint density at radius 3 is 3.00 bits per heavy atom. The molecule has 0 N–H and O–H groups in total. The second-order valence-electron chi connectivity index (χ2n) is 3.30. The number of aryl methyl sites for hydroxylation is 1. The lowest BCUT2D eigenvalue weighted by Gasteiger charge is -1.93. The van der Waals surface area contributed by atoms with E-state index in [-0.39, 0.29) is 12.5 Å². The molecule has 0 spiro atoms. The number of rotatable bonds is 4. The summed E-state index contributed by atoms with van der Waals surface area (Å²) in [6, 6.07) is 0. The summed E-state index contributed by atoms with van der Waals surface area (Å²) in [6.07, 6.45) is 0.460. The van der Waals surface area contributed by atoms with E-state index < -0.39 is 5.97 Å². The van der Waals surface area contributed by atoms with Gasteiger partial charge < -0.3 is 9.26 Å². The third kappa shape index (κ3) is 2.88. The number of carbonyl (C=O) groups excluding carboxylic acids is 1. The third-order valence-corrected chi connectivity index (χ3v) is 2.86. The van der Waals surface area contributed by atoms with Gasteiger partial charge >= 0.3 is 11.9 Å². The van der Waals surface area contributed by atoms with Gasteiger partial charge in [-0.25, -0.2) is 9.78 Å². The molecule has 7 heteroatoms. The number of ether oxygens (including phenoxy) is 1. The van der Waals surface area contributed by atoms with Crippen LogP contribution in [0.15, 0.2) is 9.90 Å². The zero-order valence-electron chi connectivity index (χ0n) is 9.47. The Morgan fingerprint density at radius 1 is 1.53 bits per heavy atom. The number of esters is 1. The quantitative estimate of drug-likeness (QED) is 0.770. The van der Waals surface area contributed by atoms with Crippen molar-refractivity contribution < 1.29 is 14.1 Å². The Morgan fingerprint density at radius 2 is 2.35 bits per heavy atom. The van der Waals surface area contributed by atoms with Crippen LogP contribution in [0.5, 0.6) is 0 Å². The van der Waals surface area contributed by atoms with Crippen LogP contribution < -0.4 is 0 Å². The van der Waals surface area contributed by atoms with Crippen LogP contribution >= 0.6 is 11.3 Å². The fourth-order valence-corrected chi connectivity index (χ4v) is 1.99. The monoisotopic (exact) mass is 253 g/mol. The topological polar surface area (TPSA) is 78.1 Å². The number of thiazole rings is 1. The second kappa shape index (κ2) is 5.05. The van der Waals surface area contributed by atoms with Crippen molar-refractivity contribution in [2.75, 3.05) is 6.61 Å². The van der Waals surface area contributed by atoms with E-state index in [0.29, 0.717) is 12.2 Å². The zero-order chi connectivity index (χ0) is 12.3. The highest BCUT2D eigenvalue weighted by Gasteiger charge is 2.16. The highest BCUT2D eigenvalue weighted by atomic mass is 32.1. The zero-order valence-corrected chi connectivity index (χ0v) is 10.3. The Bertz CT molecular complexity index is 520. The molecule has 17 heavy (non-hydrogen) atoms. The minimum atomic E-state index is -0.596. The van der Waals surface area contributed by atoms with Crippen molar-refractivity contribution in [3.8, 4) is 0 Å². The standard InChI is InChI=1S/C10H11N3O3S/c1-3-15-10(14)9-12-7(13-16-9)4-8-11-6(2)5-17-8/h5H,3-4H2,1-2H3. The van der Waals surface area contributed by atoms with Crippen molar-refractivity contribution in [3.63, 3.8) is 0 Å². The largest absolute Gasteiger partial charge is 0.459 e. The van der Waals surface area contributed by atoms with Crippen LogP contribution in [0.1, 0.15) is 34.1 Å². The minimum Gasteiger partial charge on any atom is -0.459 e. The normalized spacial score (nSPS) is 10.5. The minimum absolute atomic E-state index is 0.116. The van der Waals surface area contributed by atoms with Gasteiger partial charge in [-0.2, -0.15) is 4.98 Å². The van der Waals surface area contributed by atoms with Crippen molar-refractivity contribution in [1.29, 1.82) is 0 Å². The molecule has 0 saturated heterocycles. The summed E-state index contributed by atoms with van der Waals surface area (Å²) in [4.78, 5) is 19.5. The molecular weight excluding hydrogens is 242 g/mol. The van der Waals surface area contributed by atoms with E-state index in [1.807, 2.05) is 12.3 Å². The average Bonchev–Trinajstić information content (AvgIpc) is 2.89. The van der Waals surface area contributed by atoms with Gasteiger partial charge in [-0.1, -0.05) is 5.16 Å². The van der Waals surface area contributed by atoms with E-state index in [9.17, 15) is 4.79 Å². The second-order valence-corrected chi connectivity index (χ2v) is 4.24. The molecule has 0 unspecified atom stereocenters.